The molecule has 23 heavy (non-hydrogen) atoms. The normalized spacial score (nSPS) is 24.5. The minimum Gasteiger partial charge on any atom is -1.00 e. The molecular formula is C17H25BrF3NO. The molecule has 1 fully saturated rings. The van der Waals surface area contributed by atoms with Crippen LogP contribution in [0, 0.1) is 0 Å². The van der Waals surface area contributed by atoms with E-state index in [-0.39, 0.29) is 29.6 Å². The molecule has 1 saturated heterocycles. The number of rotatable bonds is 6. The van der Waals surface area contributed by atoms with Crippen molar-refractivity contribution >= 4 is 0 Å². The minimum absolute atomic E-state index is 0. The molecule has 1 aromatic rings. The quantitative estimate of drug-likeness (QED) is 0.711. The van der Waals surface area contributed by atoms with Crippen LogP contribution in [0.15, 0.2) is 24.3 Å². The van der Waals surface area contributed by atoms with Gasteiger partial charge in [-0.25, -0.2) is 0 Å². The van der Waals surface area contributed by atoms with Gasteiger partial charge in [0.15, 0.2) is 0 Å². The molecule has 0 saturated carbocycles. The summed E-state index contributed by atoms with van der Waals surface area (Å²) in [5.74, 6) is 0. The summed E-state index contributed by atoms with van der Waals surface area (Å²) in [5, 5.41) is 9.67. The lowest BCUT2D eigenvalue weighted by atomic mass is 10.1. The Kier molecular flexibility index (Phi) is 7.55. The largest absolute Gasteiger partial charge is 1.00 e. The molecule has 2 atom stereocenters. The Morgan fingerprint density at radius 2 is 1.87 bits per heavy atom. The molecule has 1 N–H and O–H groups in total. The van der Waals surface area contributed by atoms with E-state index in [0.29, 0.717) is 6.54 Å². The zero-order valence-electron chi connectivity index (χ0n) is 13.4. The highest BCUT2D eigenvalue weighted by Gasteiger charge is 2.41. The lowest BCUT2D eigenvalue weighted by Gasteiger charge is -2.40. The van der Waals surface area contributed by atoms with Crippen molar-refractivity contribution < 1.29 is 39.7 Å². The Labute approximate surface area is 146 Å². The van der Waals surface area contributed by atoms with Crippen molar-refractivity contribution in [2.45, 2.75) is 51.4 Å². The number of hydrogen-bond donors (Lipinski definition) is 1. The van der Waals surface area contributed by atoms with Crippen LogP contribution in [0.5, 0.6) is 0 Å². The van der Waals surface area contributed by atoms with Crippen LogP contribution < -0.4 is 17.0 Å². The van der Waals surface area contributed by atoms with E-state index in [1.807, 2.05) is 0 Å². The highest BCUT2D eigenvalue weighted by molar-refractivity contribution is 5.24. The lowest BCUT2D eigenvalue weighted by molar-refractivity contribution is -0.952. The molecule has 0 bridgehead atoms. The van der Waals surface area contributed by atoms with Crippen LogP contribution in [0.2, 0.25) is 0 Å². The van der Waals surface area contributed by atoms with Gasteiger partial charge in [-0.3, -0.25) is 0 Å². The smallest absolute Gasteiger partial charge is 0.416 e. The summed E-state index contributed by atoms with van der Waals surface area (Å²) in [6.45, 7) is 5.00. The second-order valence-corrected chi connectivity index (χ2v) is 6.35. The molecule has 1 unspecified atom stereocenters. The Morgan fingerprint density at radius 1 is 1.22 bits per heavy atom. The number of benzene rings is 1. The van der Waals surface area contributed by atoms with Crippen LogP contribution in [0.4, 0.5) is 13.2 Å². The molecule has 2 rings (SSSR count). The van der Waals surface area contributed by atoms with Crippen molar-refractivity contribution in [2.75, 3.05) is 19.7 Å². The molecule has 1 aliphatic heterocycles. The molecule has 0 amide bonds. The van der Waals surface area contributed by atoms with E-state index in [9.17, 15) is 18.3 Å². The van der Waals surface area contributed by atoms with E-state index in [0.717, 1.165) is 61.0 Å². The maximum Gasteiger partial charge on any atom is 0.416 e. The highest BCUT2D eigenvalue weighted by atomic mass is 79.9. The third kappa shape index (κ3) is 4.94. The maximum atomic E-state index is 12.6. The third-order valence-electron chi connectivity index (χ3n) is 4.86. The molecule has 1 aromatic carbocycles. The summed E-state index contributed by atoms with van der Waals surface area (Å²) in [4.78, 5) is 0. The fourth-order valence-electron chi connectivity index (χ4n) is 3.58. The van der Waals surface area contributed by atoms with Gasteiger partial charge in [-0.1, -0.05) is 25.5 Å². The SMILES string of the molecule is CCCC[N+]1(Cc2ccc(C(F)(F)F)cc2)CCC[C@H]1CO.[Br-]. The van der Waals surface area contributed by atoms with Crippen molar-refractivity contribution in [1.29, 1.82) is 0 Å². The predicted octanol–water partition coefficient (Wildman–Crippen LogP) is 0.981. The molecule has 2 nitrogen and oxygen atoms in total. The van der Waals surface area contributed by atoms with E-state index in [2.05, 4.69) is 6.92 Å². The second-order valence-electron chi connectivity index (χ2n) is 6.35. The van der Waals surface area contributed by atoms with Crippen molar-refractivity contribution in [3.05, 3.63) is 35.4 Å². The highest BCUT2D eigenvalue weighted by Crippen LogP contribution is 2.32. The van der Waals surface area contributed by atoms with Gasteiger partial charge in [0, 0.05) is 18.4 Å². The molecule has 132 valence electrons. The van der Waals surface area contributed by atoms with Crippen molar-refractivity contribution in [3.8, 4) is 0 Å². The summed E-state index contributed by atoms with van der Waals surface area (Å²) in [7, 11) is 0. The lowest BCUT2D eigenvalue weighted by Crippen LogP contribution is -3.00. The number of halogens is 4. The van der Waals surface area contributed by atoms with Gasteiger partial charge in [-0.2, -0.15) is 13.2 Å². The Balaban J connectivity index is 0.00000264. The van der Waals surface area contributed by atoms with E-state index >= 15 is 0 Å². The van der Waals surface area contributed by atoms with Crippen LogP contribution in [0.25, 0.3) is 0 Å². The molecule has 1 aliphatic rings. The van der Waals surface area contributed by atoms with E-state index in [1.165, 1.54) is 0 Å². The van der Waals surface area contributed by atoms with Gasteiger partial charge in [0.25, 0.3) is 0 Å². The summed E-state index contributed by atoms with van der Waals surface area (Å²) < 4.78 is 38.8. The average Bonchev–Trinajstić information content (AvgIpc) is 2.87. The molecule has 1 heterocycles. The van der Waals surface area contributed by atoms with Crippen LogP contribution in [0.1, 0.15) is 43.7 Å². The first kappa shape index (κ1) is 20.5. The van der Waals surface area contributed by atoms with Gasteiger partial charge in [0.05, 0.1) is 25.3 Å². The standard InChI is InChI=1S/C17H25F3NO.BrH/c1-2-3-10-21(11-4-5-16(21)13-22)12-14-6-8-15(9-7-14)17(18,19)20;/h6-9,16,22H,2-5,10-13H2,1H3;1H/q+1;/p-1/t16-,21?;/m0./s1. The zero-order chi connectivity index (χ0) is 16.2. The summed E-state index contributed by atoms with van der Waals surface area (Å²) >= 11 is 0. The molecule has 0 aromatic heterocycles. The van der Waals surface area contributed by atoms with Crippen LogP contribution in [-0.4, -0.2) is 35.3 Å². The van der Waals surface area contributed by atoms with E-state index in [4.69, 9.17) is 0 Å². The van der Waals surface area contributed by atoms with Gasteiger partial charge in [-0.05, 0) is 18.6 Å². The predicted molar refractivity (Wildman–Crippen MR) is 80.2 cm³/mol. The van der Waals surface area contributed by atoms with Crippen LogP contribution in [-0.2, 0) is 12.7 Å². The number of hydrogen-bond acceptors (Lipinski definition) is 1. The Hall–Kier alpha value is -0.590. The molecular weight excluding hydrogens is 371 g/mol. The van der Waals surface area contributed by atoms with E-state index < -0.39 is 11.7 Å². The number of aliphatic hydroxyl groups is 1. The molecule has 0 aliphatic carbocycles. The number of unbranched alkanes of at least 4 members (excludes halogenated alkanes) is 1. The first-order chi connectivity index (χ1) is 10.4. The number of nitrogens with zero attached hydrogens (tertiary/aromatic N) is 1. The number of aliphatic hydroxyl groups excluding tert-OH is 1. The van der Waals surface area contributed by atoms with Gasteiger partial charge < -0.3 is 26.6 Å². The summed E-state index contributed by atoms with van der Waals surface area (Å²) in [6.07, 6.45) is -0.0347. The first-order valence-electron chi connectivity index (χ1n) is 8.04. The Morgan fingerprint density at radius 3 is 2.39 bits per heavy atom. The van der Waals surface area contributed by atoms with Gasteiger partial charge in [-0.15, -0.1) is 0 Å². The number of quaternary nitrogens is 1. The minimum atomic E-state index is -4.28. The van der Waals surface area contributed by atoms with Crippen molar-refractivity contribution in [1.82, 2.24) is 0 Å². The average molecular weight is 396 g/mol. The first-order valence-corrected chi connectivity index (χ1v) is 8.04. The number of likely N-dealkylation sites (tertiary alicyclic amines) is 1. The van der Waals surface area contributed by atoms with Gasteiger partial charge in [0.2, 0.25) is 0 Å². The van der Waals surface area contributed by atoms with E-state index in [1.54, 1.807) is 12.1 Å². The number of alkyl halides is 3. The Bertz CT molecular complexity index is 478. The van der Waals surface area contributed by atoms with Gasteiger partial charge in [0.1, 0.15) is 12.6 Å². The van der Waals surface area contributed by atoms with Crippen LogP contribution >= 0.6 is 0 Å². The molecule has 0 radical (unpaired) electrons. The fourth-order valence-corrected chi connectivity index (χ4v) is 3.58. The van der Waals surface area contributed by atoms with Gasteiger partial charge >= 0.3 is 6.18 Å². The summed E-state index contributed by atoms with van der Waals surface area (Å²) in [5.41, 5.74) is 0.320. The monoisotopic (exact) mass is 395 g/mol. The maximum absolute atomic E-state index is 12.6. The molecule has 6 heteroatoms. The topological polar surface area (TPSA) is 20.2 Å². The van der Waals surface area contributed by atoms with Crippen molar-refractivity contribution in [2.24, 2.45) is 0 Å². The zero-order valence-corrected chi connectivity index (χ0v) is 15.0. The molecule has 0 spiro atoms. The van der Waals surface area contributed by atoms with Crippen molar-refractivity contribution in [3.63, 3.8) is 0 Å². The fraction of sp³-hybridized carbons (Fsp3) is 0.647. The third-order valence-corrected chi connectivity index (χ3v) is 4.86. The second kappa shape index (κ2) is 8.49. The van der Waals surface area contributed by atoms with Crippen LogP contribution in [0.3, 0.4) is 0 Å². The summed E-state index contributed by atoms with van der Waals surface area (Å²) in [6, 6.07) is 5.71.